The molecule has 2 rings (SSSR count). The number of benzene rings is 1. The van der Waals surface area contributed by atoms with E-state index in [-0.39, 0.29) is 17.9 Å². The first-order chi connectivity index (χ1) is 10.6. The van der Waals surface area contributed by atoms with Crippen molar-refractivity contribution in [2.75, 3.05) is 0 Å². The van der Waals surface area contributed by atoms with Crippen LogP contribution in [0, 0.1) is 5.92 Å². The first-order valence-electron chi connectivity index (χ1n) is 7.87. The number of carbonyl (C=O) groups is 1. The lowest BCUT2D eigenvalue weighted by Gasteiger charge is -2.37. The number of rotatable bonds is 3. The molecule has 23 heavy (non-hydrogen) atoms. The molecule has 0 bridgehead atoms. The van der Waals surface area contributed by atoms with Crippen LogP contribution in [0.5, 0.6) is 0 Å². The van der Waals surface area contributed by atoms with E-state index in [2.05, 4.69) is 5.32 Å². The molecule has 128 valence electrons. The van der Waals surface area contributed by atoms with Gasteiger partial charge in [0.25, 0.3) is 0 Å². The predicted octanol–water partition coefficient (Wildman–Crippen LogP) is 3.79. The average Bonchev–Trinajstić information content (AvgIpc) is 2.45. The molecular weight excluding hydrogens is 305 g/mol. The third-order valence-corrected chi connectivity index (χ3v) is 4.67. The van der Waals surface area contributed by atoms with Crippen molar-refractivity contribution in [3.63, 3.8) is 0 Å². The largest absolute Gasteiger partial charge is 0.416 e. The van der Waals surface area contributed by atoms with Crippen molar-refractivity contribution >= 4 is 5.91 Å². The minimum Gasteiger partial charge on any atom is -0.349 e. The molecule has 1 fully saturated rings. The Morgan fingerprint density at radius 2 is 1.91 bits per heavy atom. The maximum atomic E-state index is 12.6. The van der Waals surface area contributed by atoms with Gasteiger partial charge in [-0.25, -0.2) is 0 Å². The molecule has 0 spiro atoms. The van der Waals surface area contributed by atoms with E-state index in [0.29, 0.717) is 5.56 Å². The Morgan fingerprint density at radius 3 is 2.43 bits per heavy atom. The third kappa shape index (κ3) is 4.25. The third-order valence-electron chi connectivity index (χ3n) is 4.67. The van der Waals surface area contributed by atoms with Crippen LogP contribution >= 0.6 is 0 Å². The number of alkyl halides is 3. The van der Waals surface area contributed by atoms with E-state index < -0.39 is 17.3 Å². The quantitative estimate of drug-likeness (QED) is 0.887. The normalized spacial score (nSPS) is 26.6. The summed E-state index contributed by atoms with van der Waals surface area (Å²) in [6.45, 7) is 3.65. The maximum Gasteiger partial charge on any atom is 0.416 e. The molecule has 3 N–H and O–H groups in total. The molecule has 1 saturated carbocycles. The van der Waals surface area contributed by atoms with Crippen LogP contribution in [-0.2, 0) is 11.0 Å². The first kappa shape index (κ1) is 17.8. The zero-order valence-electron chi connectivity index (χ0n) is 13.4. The lowest BCUT2D eigenvalue weighted by molar-refractivity contribution is -0.137. The van der Waals surface area contributed by atoms with Gasteiger partial charge in [-0.3, -0.25) is 4.79 Å². The van der Waals surface area contributed by atoms with Gasteiger partial charge >= 0.3 is 6.18 Å². The van der Waals surface area contributed by atoms with Crippen molar-refractivity contribution in [1.29, 1.82) is 0 Å². The number of amides is 1. The van der Waals surface area contributed by atoms with Gasteiger partial charge in [0.05, 0.1) is 17.5 Å². The van der Waals surface area contributed by atoms with Gasteiger partial charge in [-0.1, -0.05) is 25.0 Å². The molecule has 3 atom stereocenters. The molecule has 1 aliphatic carbocycles. The van der Waals surface area contributed by atoms with E-state index in [1.54, 1.807) is 6.92 Å². The van der Waals surface area contributed by atoms with Gasteiger partial charge < -0.3 is 11.1 Å². The van der Waals surface area contributed by atoms with Crippen LogP contribution in [0.1, 0.15) is 56.7 Å². The summed E-state index contributed by atoms with van der Waals surface area (Å²) in [4.78, 5) is 12.5. The zero-order valence-corrected chi connectivity index (χ0v) is 13.4. The van der Waals surface area contributed by atoms with Crippen LogP contribution in [0.15, 0.2) is 24.3 Å². The molecule has 3 unspecified atom stereocenters. The van der Waals surface area contributed by atoms with Crippen molar-refractivity contribution in [3.8, 4) is 0 Å². The molecule has 1 aromatic carbocycles. The van der Waals surface area contributed by atoms with E-state index in [9.17, 15) is 18.0 Å². The van der Waals surface area contributed by atoms with Gasteiger partial charge in [-0.05, 0) is 44.4 Å². The van der Waals surface area contributed by atoms with E-state index in [1.165, 1.54) is 12.1 Å². The SMILES string of the molecule is CC(NC(=O)C1CCCCC1(C)N)c1ccc(C(F)(F)F)cc1. The van der Waals surface area contributed by atoms with Crippen molar-refractivity contribution < 1.29 is 18.0 Å². The summed E-state index contributed by atoms with van der Waals surface area (Å²) >= 11 is 0. The Labute approximate surface area is 134 Å². The second kappa shape index (κ2) is 6.51. The highest BCUT2D eigenvalue weighted by Gasteiger charge is 2.38. The molecule has 1 aromatic rings. The molecule has 3 nitrogen and oxygen atoms in total. The molecule has 6 heteroatoms. The fourth-order valence-electron chi connectivity index (χ4n) is 3.15. The smallest absolute Gasteiger partial charge is 0.349 e. The highest BCUT2D eigenvalue weighted by atomic mass is 19.4. The van der Waals surface area contributed by atoms with E-state index in [4.69, 9.17) is 5.73 Å². The molecule has 0 heterocycles. The predicted molar refractivity (Wildman–Crippen MR) is 82.6 cm³/mol. The van der Waals surface area contributed by atoms with E-state index in [0.717, 1.165) is 37.8 Å². The van der Waals surface area contributed by atoms with Crippen molar-refractivity contribution in [1.82, 2.24) is 5.32 Å². The van der Waals surface area contributed by atoms with Gasteiger partial charge in [-0.15, -0.1) is 0 Å². The fraction of sp³-hybridized carbons (Fsp3) is 0.588. The number of halogens is 3. The molecule has 0 aliphatic heterocycles. The van der Waals surface area contributed by atoms with Gasteiger partial charge in [0.2, 0.25) is 5.91 Å². The van der Waals surface area contributed by atoms with Gasteiger partial charge in [0.1, 0.15) is 0 Å². The second-order valence-electron chi connectivity index (χ2n) is 6.65. The van der Waals surface area contributed by atoms with Crippen molar-refractivity contribution in [2.45, 2.75) is 57.3 Å². The van der Waals surface area contributed by atoms with Crippen LogP contribution < -0.4 is 11.1 Å². The number of carbonyl (C=O) groups excluding carboxylic acids is 1. The molecule has 0 saturated heterocycles. The molecule has 0 aromatic heterocycles. The first-order valence-corrected chi connectivity index (χ1v) is 7.87. The summed E-state index contributed by atoms with van der Waals surface area (Å²) in [5, 5.41) is 2.88. The summed E-state index contributed by atoms with van der Waals surface area (Å²) < 4.78 is 37.7. The lowest BCUT2D eigenvalue weighted by atomic mass is 9.74. The summed E-state index contributed by atoms with van der Waals surface area (Å²) in [5.74, 6) is -0.379. The monoisotopic (exact) mass is 328 g/mol. The zero-order chi connectivity index (χ0) is 17.3. The van der Waals surface area contributed by atoms with Gasteiger partial charge in [-0.2, -0.15) is 13.2 Å². The Hall–Kier alpha value is -1.56. The Morgan fingerprint density at radius 1 is 1.30 bits per heavy atom. The maximum absolute atomic E-state index is 12.6. The van der Waals surface area contributed by atoms with Crippen LogP contribution in [0.2, 0.25) is 0 Å². The molecule has 0 radical (unpaired) electrons. The van der Waals surface area contributed by atoms with Crippen LogP contribution in [0.4, 0.5) is 13.2 Å². The highest BCUT2D eigenvalue weighted by Crippen LogP contribution is 2.33. The Bertz CT molecular complexity index is 552. The lowest BCUT2D eigenvalue weighted by Crippen LogP contribution is -2.53. The van der Waals surface area contributed by atoms with E-state index in [1.807, 2.05) is 6.92 Å². The summed E-state index contributed by atoms with van der Waals surface area (Å²) in [6, 6.07) is 4.51. The summed E-state index contributed by atoms with van der Waals surface area (Å²) in [7, 11) is 0. The molecule has 1 amide bonds. The molecular formula is C17H23F3N2O. The molecule has 1 aliphatic rings. The van der Waals surface area contributed by atoms with Crippen molar-refractivity contribution in [2.24, 2.45) is 11.7 Å². The van der Waals surface area contributed by atoms with Crippen molar-refractivity contribution in [3.05, 3.63) is 35.4 Å². The van der Waals surface area contributed by atoms with Crippen LogP contribution in [0.3, 0.4) is 0 Å². The van der Waals surface area contributed by atoms with Gasteiger partial charge in [0.15, 0.2) is 0 Å². The summed E-state index contributed by atoms with van der Waals surface area (Å²) in [5.41, 5.74) is 5.64. The van der Waals surface area contributed by atoms with Crippen LogP contribution in [0.25, 0.3) is 0 Å². The number of nitrogens with two attached hydrogens (primary N) is 1. The highest BCUT2D eigenvalue weighted by molar-refractivity contribution is 5.80. The standard InChI is InChI=1S/C17H23F3N2O/c1-11(12-6-8-13(9-7-12)17(18,19)20)22-15(23)14-5-3-4-10-16(14,2)21/h6-9,11,14H,3-5,10,21H2,1-2H3,(H,22,23). The fourth-order valence-corrected chi connectivity index (χ4v) is 3.15. The number of nitrogens with one attached hydrogen (secondary N) is 1. The Kier molecular flexibility index (Phi) is 5.04. The number of hydrogen-bond acceptors (Lipinski definition) is 2. The van der Waals surface area contributed by atoms with E-state index >= 15 is 0 Å². The second-order valence-corrected chi connectivity index (χ2v) is 6.65. The van der Waals surface area contributed by atoms with Crippen LogP contribution in [-0.4, -0.2) is 11.4 Å². The number of hydrogen-bond donors (Lipinski definition) is 2. The summed E-state index contributed by atoms with van der Waals surface area (Å²) in [6.07, 6.45) is -0.808. The topological polar surface area (TPSA) is 55.1 Å². The van der Waals surface area contributed by atoms with Gasteiger partial charge in [0, 0.05) is 5.54 Å². The average molecular weight is 328 g/mol. The minimum atomic E-state index is -4.35. The Balaban J connectivity index is 2.03. The minimum absolute atomic E-state index is 0.123.